The molecule has 2 rings (SSSR count). The number of nitrogens with zero attached hydrogens (tertiary/aromatic N) is 2. The molecule has 0 radical (unpaired) electrons. The van der Waals surface area contributed by atoms with E-state index in [4.69, 9.17) is 9.72 Å². The SMILES string of the molecule is CC1CN(Cc2nc(C(C)(C)C)cs2)CC(CO)O1. The molecule has 1 N–H and O–H groups in total. The standard InChI is InChI=1S/C14H24N2O2S/c1-10-5-16(6-11(8-17)18-10)7-13-15-12(9-19-13)14(2,3)4/h9-11,17H,5-8H2,1-4H3. The Morgan fingerprint density at radius 3 is 2.79 bits per heavy atom. The predicted molar refractivity (Wildman–Crippen MR) is 77.5 cm³/mol. The lowest BCUT2D eigenvalue weighted by Gasteiger charge is -2.35. The van der Waals surface area contributed by atoms with Gasteiger partial charge < -0.3 is 9.84 Å². The zero-order valence-corrected chi connectivity index (χ0v) is 13.0. The third kappa shape index (κ3) is 3.99. The van der Waals surface area contributed by atoms with Crippen LogP contribution in [0, 0.1) is 0 Å². The van der Waals surface area contributed by atoms with Crippen LogP contribution in [0.15, 0.2) is 5.38 Å². The van der Waals surface area contributed by atoms with Gasteiger partial charge in [-0.2, -0.15) is 0 Å². The summed E-state index contributed by atoms with van der Waals surface area (Å²) in [6.45, 7) is 11.2. The van der Waals surface area contributed by atoms with Gasteiger partial charge in [-0.3, -0.25) is 4.90 Å². The minimum Gasteiger partial charge on any atom is -0.394 e. The lowest BCUT2D eigenvalue weighted by molar-refractivity contribution is -0.0972. The molecule has 1 aromatic heterocycles. The average molecular weight is 284 g/mol. The van der Waals surface area contributed by atoms with Crippen LogP contribution in [0.1, 0.15) is 38.4 Å². The second kappa shape index (κ2) is 5.87. The molecule has 0 aliphatic carbocycles. The molecule has 0 aromatic carbocycles. The summed E-state index contributed by atoms with van der Waals surface area (Å²) < 4.78 is 5.65. The van der Waals surface area contributed by atoms with Gasteiger partial charge in [-0.15, -0.1) is 11.3 Å². The van der Waals surface area contributed by atoms with E-state index in [9.17, 15) is 5.11 Å². The molecule has 108 valence electrons. The van der Waals surface area contributed by atoms with Crippen LogP contribution < -0.4 is 0 Å². The van der Waals surface area contributed by atoms with Crippen LogP contribution >= 0.6 is 11.3 Å². The number of thiazole rings is 1. The molecule has 0 bridgehead atoms. The summed E-state index contributed by atoms with van der Waals surface area (Å²) in [5.74, 6) is 0. The van der Waals surface area contributed by atoms with E-state index >= 15 is 0 Å². The molecule has 2 unspecified atom stereocenters. The van der Waals surface area contributed by atoms with E-state index in [1.54, 1.807) is 11.3 Å². The van der Waals surface area contributed by atoms with E-state index in [0.29, 0.717) is 0 Å². The Morgan fingerprint density at radius 2 is 2.21 bits per heavy atom. The molecule has 0 spiro atoms. The van der Waals surface area contributed by atoms with Gasteiger partial charge in [-0.05, 0) is 6.92 Å². The second-order valence-electron chi connectivity index (χ2n) is 6.32. The largest absolute Gasteiger partial charge is 0.394 e. The van der Waals surface area contributed by atoms with Crippen molar-refractivity contribution in [2.24, 2.45) is 0 Å². The third-order valence-electron chi connectivity index (χ3n) is 3.28. The molecule has 1 aliphatic rings. The fraction of sp³-hybridized carbons (Fsp3) is 0.786. The molecule has 19 heavy (non-hydrogen) atoms. The fourth-order valence-electron chi connectivity index (χ4n) is 2.29. The third-order valence-corrected chi connectivity index (χ3v) is 4.12. The van der Waals surface area contributed by atoms with Crippen LogP contribution in [0.5, 0.6) is 0 Å². The highest BCUT2D eigenvalue weighted by Gasteiger charge is 2.26. The van der Waals surface area contributed by atoms with E-state index in [2.05, 4.69) is 38.0 Å². The highest BCUT2D eigenvalue weighted by Crippen LogP contribution is 2.25. The van der Waals surface area contributed by atoms with E-state index in [1.165, 1.54) is 0 Å². The lowest BCUT2D eigenvalue weighted by atomic mass is 9.93. The van der Waals surface area contributed by atoms with Crippen molar-refractivity contribution in [3.05, 3.63) is 16.1 Å². The van der Waals surface area contributed by atoms with Gasteiger partial charge in [0, 0.05) is 23.9 Å². The van der Waals surface area contributed by atoms with E-state index in [-0.39, 0.29) is 24.2 Å². The lowest BCUT2D eigenvalue weighted by Crippen LogP contribution is -2.47. The molecule has 1 fully saturated rings. The first kappa shape index (κ1) is 14.9. The predicted octanol–water partition coefficient (Wildman–Crippen LogP) is 2.02. The van der Waals surface area contributed by atoms with E-state index < -0.39 is 0 Å². The van der Waals surface area contributed by atoms with Crippen molar-refractivity contribution >= 4 is 11.3 Å². The maximum Gasteiger partial charge on any atom is 0.107 e. The first-order chi connectivity index (χ1) is 8.88. The normalized spacial score (nSPS) is 25.7. The summed E-state index contributed by atoms with van der Waals surface area (Å²) in [4.78, 5) is 7.04. The van der Waals surface area contributed by atoms with Gasteiger partial charge in [0.05, 0.1) is 31.1 Å². The molecule has 0 saturated carbocycles. The Bertz CT molecular complexity index is 414. The smallest absolute Gasteiger partial charge is 0.107 e. The van der Waals surface area contributed by atoms with Crippen molar-refractivity contribution in [3.8, 4) is 0 Å². The monoisotopic (exact) mass is 284 g/mol. The zero-order valence-electron chi connectivity index (χ0n) is 12.2. The highest BCUT2D eigenvalue weighted by atomic mass is 32.1. The summed E-state index contributed by atoms with van der Waals surface area (Å²) >= 11 is 1.72. The van der Waals surface area contributed by atoms with Gasteiger partial charge in [0.1, 0.15) is 5.01 Å². The van der Waals surface area contributed by atoms with Crippen molar-refractivity contribution in [2.45, 2.75) is 51.9 Å². The summed E-state index contributed by atoms with van der Waals surface area (Å²) in [6, 6.07) is 0. The fourth-order valence-corrected chi connectivity index (χ4v) is 3.35. The Hall–Kier alpha value is -0.490. The molecular formula is C14H24N2O2S. The minimum absolute atomic E-state index is 0.0641. The minimum atomic E-state index is -0.0641. The van der Waals surface area contributed by atoms with Crippen LogP contribution in [0.2, 0.25) is 0 Å². The molecule has 1 aliphatic heterocycles. The quantitative estimate of drug-likeness (QED) is 0.922. The maximum atomic E-state index is 9.24. The Labute approximate surface area is 119 Å². The molecule has 0 amide bonds. The Balaban J connectivity index is 1.99. The molecule has 2 heterocycles. The Kier molecular flexibility index (Phi) is 4.61. The topological polar surface area (TPSA) is 45.6 Å². The van der Waals surface area contributed by atoms with Crippen molar-refractivity contribution in [1.29, 1.82) is 0 Å². The number of hydrogen-bond donors (Lipinski definition) is 1. The van der Waals surface area contributed by atoms with Crippen molar-refractivity contribution < 1.29 is 9.84 Å². The summed E-state index contributed by atoms with van der Waals surface area (Å²) in [6.07, 6.45) is 0.110. The summed E-state index contributed by atoms with van der Waals surface area (Å²) in [5, 5.41) is 12.5. The first-order valence-corrected chi connectivity index (χ1v) is 7.70. The van der Waals surface area contributed by atoms with Crippen molar-refractivity contribution in [3.63, 3.8) is 0 Å². The van der Waals surface area contributed by atoms with E-state index in [1.807, 2.05) is 0 Å². The number of aromatic nitrogens is 1. The highest BCUT2D eigenvalue weighted by molar-refractivity contribution is 7.09. The van der Waals surface area contributed by atoms with Gasteiger partial charge in [-0.25, -0.2) is 4.98 Å². The molecular weight excluding hydrogens is 260 g/mol. The number of aliphatic hydroxyl groups is 1. The second-order valence-corrected chi connectivity index (χ2v) is 7.26. The number of rotatable bonds is 3. The molecule has 2 atom stereocenters. The van der Waals surface area contributed by atoms with Gasteiger partial charge in [-0.1, -0.05) is 20.8 Å². The van der Waals surface area contributed by atoms with Crippen LogP contribution in [0.3, 0.4) is 0 Å². The van der Waals surface area contributed by atoms with Crippen LogP contribution in [0.25, 0.3) is 0 Å². The van der Waals surface area contributed by atoms with Gasteiger partial charge in [0.2, 0.25) is 0 Å². The molecule has 4 nitrogen and oxygen atoms in total. The van der Waals surface area contributed by atoms with Gasteiger partial charge >= 0.3 is 0 Å². The van der Waals surface area contributed by atoms with Crippen LogP contribution in [-0.2, 0) is 16.7 Å². The zero-order chi connectivity index (χ0) is 14.0. The molecule has 1 saturated heterocycles. The number of morpholine rings is 1. The number of hydrogen-bond acceptors (Lipinski definition) is 5. The maximum absolute atomic E-state index is 9.24. The number of ether oxygens (including phenoxy) is 1. The van der Waals surface area contributed by atoms with Gasteiger partial charge in [0.25, 0.3) is 0 Å². The number of aliphatic hydroxyl groups excluding tert-OH is 1. The summed E-state index contributed by atoms with van der Waals surface area (Å²) in [7, 11) is 0. The van der Waals surface area contributed by atoms with Gasteiger partial charge in [0.15, 0.2) is 0 Å². The van der Waals surface area contributed by atoms with Crippen molar-refractivity contribution in [1.82, 2.24) is 9.88 Å². The van der Waals surface area contributed by atoms with Crippen molar-refractivity contribution in [2.75, 3.05) is 19.7 Å². The van der Waals surface area contributed by atoms with Crippen LogP contribution in [-0.4, -0.2) is 46.9 Å². The Morgan fingerprint density at radius 1 is 1.47 bits per heavy atom. The first-order valence-electron chi connectivity index (χ1n) is 6.82. The molecule has 5 heteroatoms. The summed E-state index contributed by atoms with van der Waals surface area (Å²) in [5.41, 5.74) is 1.27. The van der Waals surface area contributed by atoms with E-state index in [0.717, 1.165) is 30.3 Å². The average Bonchev–Trinajstić information content (AvgIpc) is 2.76. The van der Waals surface area contributed by atoms with Crippen LogP contribution in [0.4, 0.5) is 0 Å². The molecule has 1 aromatic rings.